The van der Waals surface area contributed by atoms with Crippen LogP contribution in [0.3, 0.4) is 0 Å². The Bertz CT molecular complexity index is 455. The van der Waals surface area contributed by atoms with Gasteiger partial charge in [-0.05, 0) is 12.5 Å². The molecule has 0 amide bonds. The Morgan fingerprint density at radius 2 is 2.33 bits per heavy atom. The average molecular weight is 163 g/mol. The summed E-state index contributed by atoms with van der Waals surface area (Å²) in [6, 6.07) is 1.88. The molecule has 62 valence electrons. The van der Waals surface area contributed by atoms with E-state index in [9.17, 15) is 4.79 Å². The summed E-state index contributed by atoms with van der Waals surface area (Å²) < 4.78 is 0. The summed E-state index contributed by atoms with van der Waals surface area (Å²) in [6.45, 7) is 2.03. The number of aryl methyl sites for hydroxylation is 1. The zero-order chi connectivity index (χ0) is 8.55. The first-order valence-electron chi connectivity index (χ1n) is 3.86. The van der Waals surface area contributed by atoms with Crippen molar-refractivity contribution in [2.24, 2.45) is 0 Å². The van der Waals surface area contributed by atoms with Crippen molar-refractivity contribution in [1.29, 1.82) is 0 Å². The lowest BCUT2D eigenvalue weighted by Crippen LogP contribution is -1.97. The molecule has 12 heavy (non-hydrogen) atoms. The number of aromatic amines is 2. The van der Waals surface area contributed by atoms with E-state index in [0.717, 1.165) is 17.6 Å². The van der Waals surface area contributed by atoms with Gasteiger partial charge in [-0.3, -0.25) is 20.0 Å². The number of nitrogens with zero attached hydrogens (tertiary/aromatic N) is 1. The fourth-order valence-corrected chi connectivity index (χ4v) is 1.17. The summed E-state index contributed by atoms with van der Waals surface area (Å²) in [5, 5.41) is 5.91. The molecular weight excluding hydrogens is 154 g/mol. The Morgan fingerprint density at radius 1 is 1.50 bits per heavy atom. The second-order valence-electron chi connectivity index (χ2n) is 2.65. The number of pyridine rings is 1. The van der Waals surface area contributed by atoms with Gasteiger partial charge in [0.25, 0.3) is 5.56 Å². The van der Waals surface area contributed by atoms with Crippen molar-refractivity contribution in [3.63, 3.8) is 0 Å². The predicted molar refractivity (Wildman–Crippen MR) is 46.1 cm³/mol. The molecular formula is C8H9N3O. The maximum atomic E-state index is 11.1. The first-order chi connectivity index (χ1) is 5.81. The molecule has 0 aliphatic carbocycles. The van der Waals surface area contributed by atoms with Crippen molar-refractivity contribution in [1.82, 2.24) is 15.2 Å². The molecule has 2 aromatic heterocycles. The molecule has 2 N–H and O–H groups in total. The van der Waals surface area contributed by atoms with E-state index in [2.05, 4.69) is 15.2 Å². The van der Waals surface area contributed by atoms with Gasteiger partial charge in [-0.2, -0.15) is 0 Å². The summed E-state index contributed by atoms with van der Waals surface area (Å²) in [6.07, 6.45) is 2.48. The Hall–Kier alpha value is -1.58. The van der Waals surface area contributed by atoms with Crippen LogP contribution in [0.5, 0.6) is 0 Å². The zero-order valence-corrected chi connectivity index (χ0v) is 6.72. The maximum absolute atomic E-state index is 11.1. The number of hydrogen-bond acceptors (Lipinski definition) is 2. The normalized spacial score (nSPS) is 10.8. The Morgan fingerprint density at radius 3 is 3.08 bits per heavy atom. The van der Waals surface area contributed by atoms with Crippen LogP contribution in [0.15, 0.2) is 17.1 Å². The molecule has 0 aliphatic heterocycles. The van der Waals surface area contributed by atoms with Crippen LogP contribution in [-0.2, 0) is 6.42 Å². The molecule has 2 heterocycles. The minimum atomic E-state index is -0.111. The van der Waals surface area contributed by atoms with Crippen LogP contribution in [0.2, 0.25) is 0 Å². The van der Waals surface area contributed by atoms with Crippen LogP contribution in [0.4, 0.5) is 0 Å². The molecule has 2 rings (SSSR count). The summed E-state index contributed by atoms with van der Waals surface area (Å²) in [5.41, 5.74) is 1.70. The van der Waals surface area contributed by atoms with E-state index >= 15 is 0 Å². The standard InChI is InChI=1S/C8H9N3O/c1-2-5-3-7-6(4-9-5)8(12)11-10-7/h3-4H,2H2,1H3,(H2,10,11,12). The highest BCUT2D eigenvalue weighted by molar-refractivity contribution is 5.76. The molecule has 0 fully saturated rings. The number of nitrogens with one attached hydrogen (secondary N) is 2. The smallest absolute Gasteiger partial charge is 0.273 e. The lowest BCUT2D eigenvalue weighted by atomic mass is 10.2. The van der Waals surface area contributed by atoms with E-state index in [4.69, 9.17) is 0 Å². The topological polar surface area (TPSA) is 61.5 Å². The highest BCUT2D eigenvalue weighted by atomic mass is 16.1. The zero-order valence-electron chi connectivity index (χ0n) is 6.72. The first-order valence-corrected chi connectivity index (χ1v) is 3.86. The van der Waals surface area contributed by atoms with Crippen LogP contribution in [0.25, 0.3) is 10.9 Å². The molecule has 2 aromatic rings. The summed E-state index contributed by atoms with van der Waals surface area (Å²) >= 11 is 0. The summed E-state index contributed by atoms with van der Waals surface area (Å²) in [5.74, 6) is 0. The van der Waals surface area contributed by atoms with Gasteiger partial charge in [-0.15, -0.1) is 0 Å². The minimum Gasteiger partial charge on any atom is -0.297 e. The van der Waals surface area contributed by atoms with Gasteiger partial charge < -0.3 is 0 Å². The predicted octanol–water partition coefficient (Wildman–Crippen LogP) is 0.814. The van der Waals surface area contributed by atoms with Gasteiger partial charge in [0.1, 0.15) is 0 Å². The molecule has 0 spiro atoms. The van der Waals surface area contributed by atoms with Crippen LogP contribution in [0.1, 0.15) is 12.6 Å². The lowest BCUT2D eigenvalue weighted by Gasteiger charge is -1.92. The van der Waals surface area contributed by atoms with Crippen molar-refractivity contribution < 1.29 is 0 Å². The molecule has 0 aromatic carbocycles. The SMILES string of the molecule is CCc1cc2[nH][nH]c(=O)c2cn1. The first kappa shape index (κ1) is 7.09. The number of fused-ring (bicyclic) bond motifs is 1. The molecule has 0 bridgehead atoms. The summed E-state index contributed by atoms with van der Waals surface area (Å²) in [7, 11) is 0. The van der Waals surface area contributed by atoms with Gasteiger partial charge >= 0.3 is 0 Å². The maximum Gasteiger partial charge on any atom is 0.273 e. The number of aromatic nitrogens is 3. The third-order valence-corrected chi connectivity index (χ3v) is 1.88. The number of hydrogen-bond donors (Lipinski definition) is 2. The Labute approximate surface area is 68.6 Å². The van der Waals surface area contributed by atoms with Crippen molar-refractivity contribution in [2.45, 2.75) is 13.3 Å². The summed E-state index contributed by atoms with van der Waals surface area (Å²) in [4.78, 5) is 15.2. The van der Waals surface area contributed by atoms with E-state index in [1.807, 2.05) is 13.0 Å². The fraction of sp³-hybridized carbons (Fsp3) is 0.250. The molecule has 0 unspecified atom stereocenters. The monoisotopic (exact) mass is 163 g/mol. The number of rotatable bonds is 1. The molecule has 4 nitrogen and oxygen atoms in total. The largest absolute Gasteiger partial charge is 0.297 e. The van der Waals surface area contributed by atoms with Crippen molar-refractivity contribution >= 4 is 10.9 Å². The fourth-order valence-electron chi connectivity index (χ4n) is 1.17. The Kier molecular flexibility index (Phi) is 1.46. The van der Waals surface area contributed by atoms with E-state index in [1.54, 1.807) is 6.20 Å². The molecule has 0 radical (unpaired) electrons. The van der Waals surface area contributed by atoms with Crippen LogP contribution >= 0.6 is 0 Å². The second-order valence-corrected chi connectivity index (χ2v) is 2.65. The van der Waals surface area contributed by atoms with Gasteiger partial charge in [0.05, 0.1) is 10.9 Å². The molecule has 0 saturated heterocycles. The van der Waals surface area contributed by atoms with Crippen LogP contribution in [-0.4, -0.2) is 15.2 Å². The molecule has 0 saturated carbocycles. The molecule has 0 atom stereocenters. The highest BCUT2D eigenvalue weighted by Gasteiger charge is 2.00. The van der Waals surface area contributed by atoms with Crippen LogP contribution in [0, 0.1) is 0 Å². The van der Waals surface area contributed by atoms with Gasteiger partial charge in [-0.1, -0.05) is 6.92 Å². The van der Waals surface area contributed by atoms with Gasteiger partial charge in [-0.25, -0.2) is 0 Å². The highest BCUT2D eigenvalue weighted by Crippen LogP contribution is 2.06. The third kappa shape index (κ3) is 0.922. The Balaban J connectivity index is 2.77. The van der Waals surface area contributed by atoms with E-state index in [1.165, 1.54) is 0 Å². The van der Waals surface area contributed by atoms with Crippen molar-refractivity contribution in [3.05, 3.63) is 28.3 Å². The minimum absolute atomic E-state index is 0.111. The quantitative estimate of drug-likeness (QED) is 0.653. The average Bonchev–Trinajstić information content (AvgIpc) is 2.47. The van der Waals surface area contributed by atoms with Gasteiger partial charge in [0.2, 0.25) is 0 Å². The number of H-pyrrole nitrogens is 2. The van der Waals surface area contributed by atoms with E-state index < -0.39 is 0 Å². The van der Waals surface area contributed by atoms with Gasteiger partial charge in [0, 0.05) is 11.9 Å². The molecule has 0 aliphatic rings. The van der Waals surface area contributed by atoms with Crippen molar-refractivity contribution in [3.8, 4) is 0 Å². The van der Waals surface area contributed by atoms with Gasteiger partial charge in [0.15, 0.2) is 0 Å². The van der Waals surface area contributed by atoms with Crippen LogP contribution < -0.4 is 5.56 Å². The van der Waals surface area contributed by atoms with Crippen molar-refractivity contribution in [2.75, 3.05) is 0 Å². The third-order valence-electron chi connectivity index (χ3n) is 1.88. The van der Waals surface area contributed by atoms with E-state index in [0.29, 0.717) is 5.39 Å². The lowest BCUT2D eigenvalue weighted by molar-refractivity contribution is 1.04. The van der Waals surface area contributed by atoms with E-state index in [-0.39, 0.29) is 5.56 Å². The molecule has 4 heteroatoms. The second kappa shape index (κ2) is 2.48.